The number of hydrogen-bond acceptors (Lipinski definition) is 2. The molecule has 0 aliphatic heterocycles. The standard InChI is InChI=1S/C19H20N2O/c1-2-3-13-18-20-17-12-8-7-11-16(17)19(22)21(18)14-15-9-5-4-6-10-15/h4-12H,2-3,13-14H2,1H3. The van der Waals surface area contributed by atoms with E-state index >= 15 is 0 Å². The largest absolute Gasteiger partial charge is 0.292 e. The molecule has 3 heteroatoms. The van der Waals surface area contributed by atoms with Gasteiger partial charge in [0.15, 0.2) is 0 Å². The molecule has 0 radical (unpaired) electrons. The van der Waals surface area contributed by atoms with Crippen molar-refractivity contribution in [3.63, 3.8) is 0 Å². The SMILES string of the molecule is CCCCc1nc2ccccc2c(=O)n1Cc1ccccc1. The van der Waals surface area contributed by atoms with Crippen LogP contribution in [-0.4, -0.2) is 9.55 Å². The molecular weight excluding hydrogens is 272 g/mol. The van der Waals surface area contributed by atoms with Crippen LogP contribution in [0.1, 0.15) is 31.2 Å². The summed E-state index contributed by atoms with van der Waals surface area (Å²) in [6.07, 6.45) is 2.97. The second kappa shape index (κ2) is 6.56. The Morgan fingerprint density at radius 3 is 2.50 bits per heavy atom. The van der Waals surface area contributed by atoms with Gasteiger partial charge in [-0.1, -0.05) is 55.8 Å². The molecule has 0 bridgehead atoms. The molecule has 0 amide bonds. The van der Waals surface area contributed by atoms with E-state index in [0.29, 0.717) is 11.9 Å². The van der Waals surface area contributed by atoms with Crippen molar-refractivity contribution in [2.45, 2.75) is 32.7 Å². The fourth-order valence-electron chi connectivity index (χ4n) is 2.67. The van der Waals surface area contributed by atoms with Crippen molar-refractivity contribution in [1.82, 2.24) is 9.55 Å². The van der Waals surface area contributed by atoms with Gasteiger partial charge in [0.05, 0.1) is 17.4 Å². The van der Waals surface area contributed by atoms with E-state index < -0.39 is 0 Å². The molecule has 0 atom stereocenters. The fraction of sp³-hybridized carbons (Fsp3) is 0.263. The summed E-state index contributed by atoms with van der Waals surface area (Å²) in [5.74, 6) is 0.884. The van der Waals surface area contributed by atoms with E-state index in [-0.39, 0.29) is 5.56 Å². The molecule has 0 saturated heterocycles. The molecule has 1 heterocycles. The predicted octanol–water partition coefficient (Wildman–Crippen LogP) is 3.79. The number of fused-ring (bicyclic) bond motifs is 1. The molecule has 0 saturated carbocycles. The maximum Gasteiger partial charge on any atom is 0.261 e. The Kier molecular flexibility index (Phi) is 4.33. The van der Waals surface area contributed by atoms with Gasteiger partial charge in [-0.05, 0) is 24.1 Å². The summed E-state index contributed by atoms with van der Waals surface area (Å²) in [5.41, 5.74) is 1.97. The molecule has 112 valence electrons. The van der Waals surface area contributed by atoms with E-state index in [0.717, 1.165) is 36.2 Å². The van der Waals surface area contributed by atoms with Crippen LogP contribution < -0.4 is 5.56 Å². The van der Waals surface area contributed by atoms with Crippen LogP contribution in [0.25, 0.3) is 10.9 Å². The molecule has 3 nitrogen and oxygen atoms in total. The van der Waals surface area contributed by atoms with Crippen molar-refractivity contribution in [2.24, 2.45) is 0 Å². The van der Waals surface area contributed by atoms with E-state index in [4.69, 9.17) is 4.98 Å². The highest BCUT2D eigenvalue weighted by molar-refractivity contribution is 5.77. The van der Waals surface area contributed by atoms with E-state index in [1.165, 1.54) is 0 Å². The molecule has 1 aromatic heterocycles. The maximum atomic E-state index is 12.8. The number of para-hydroxylation sites is 1. The second-order valence-electron chi connectivity index (χ2n) is 5.53. The molecule has 0 aliphatic rings. The number of unbranched alkanes of at least 4 members (excludes halogenated alkanes) is 1. The van der Waals surface area contributed by atoms with Crippen molar-refractivity contribution in [3.8, 4) is 0 Å². The minimum absolute atomic E-state index is 0.0561. The van der Waals surface area contributed by atoms with E-state index in [2.05, 4.69) is 6.92 Å². The first-order valence-corrected chi connectivity index (χ1v) is 7.82. The van der Waals surface area contributed by atoms with Gasteiger partial charge in [0.25, 0.3) is 5.56 Å². The van der Waals surface area contributed by atoms with Crippen molar-refractivity contribution < 1.29 is 0 Å². The summed E-state index contributed by atoms with van der Waals surface area (Å²) >= 11 is 0. The molecule has 0 unspecified atom stereocenters. The van der Waals surface area contributed by atoms with Gasteiger partial charge in [-0.15, -0.1) is 0 Å². The topological polar surface area (TPSA) is 34.9 Å². The third kappa shape index (κ3) is 2.93. The quantitative estimate of drug-likeness (QED) is 0.717. The minimum Gasteiger partial charge on any atom is -0.292 e. The minimum atomic E-state index is 0.0561. The zero-order valence-corrected chi connectivity index (χ0v) is 12.8. The summed E-state index contributed by atoms with van der Waals surface area (Å²) < 4.78 is 1.83. The highest BCUT2D eigenvalue weighted by Gasteiger charge is 2.10. The smallest absolute Gasteiger partial charge is 0.261 e. The summed E-state index contributed by atoms with van der Waals surface area (Å²) in [6, 6.07) is 17.7. The van der Waals surface area contributed by atoms with Crippen LogP contribution in [0.3, 0.4) is 0 Å². The second-order valence-corrected chi connectivity index (χ2v) is 5.53. The Morgan fingerprint density at radius 2 is 1.73 bits per heavy atom. The van der Waals surface area contributed by atoms with Crippen LogP contribution in [0.5, 0.6) is 0 Å². The highest BCUT2D eigenvalue weighted by atomic mass is 16.1. The average Bonchev–Trinajstić information content (AvgIpc) is 2.57. The van der Waals surface area contributed by atoms with Crippen molar-refractivity contribution in [3.05, 3.63) is 76.3 Å². The Bertz CT molecular complexity index is 822. The third-order valence-electron chi connectivity index (χ3n) is 3.88. The van der Waals surface area contributed by atoms with Crippen LogP contribution in [0.15, 0.2) is 59.4 Å². The molecule has 0 fully saturated rings. The number of rotatable bonds is 5. The maximum absolute atomic E-state index is 12.8. The van der Waals surface area contributed by atoms with E-state index in [1.807, 2.05) is 59.2 Å². The Balaban J connectivity index is 2.12. The van der Waals surface area contributed by atoms with Gasteiger partial charge in [-0.2, -0.15) is 0 Å². The molecule has 0 spiro atoms. The van der Waals surface area contributed by atoms with E-state index in [1.54, 1.807) is 0 Å². The van der Waals surface area contributed by atoms with Crippen molar-refractivity contribution in [2.75, 3.05) is 0 Å². The highest BCUT2D eigenvalue weighted by Crippen LogP contribution is 2.12. The van der Waals surface area contributed by atoms with Crippen LogP contribution >= 0.6 is 0 Å². The van der Waals surface area contributed by atoms with Crippen LogP contribution in [0.2, 0.25) is 0 Å². The molecule has 0 aliphatic carbocycles. The Labute approximate surface area is 130 Å². The number of aromatic nitrogens is 2. The van der Waals surface area contributed by atoms with Crippen LogP contribution in [0, 0.1) is 0 Å². The van der Waals surface area contributed by atoms with Gasteiger partial charge in [0.1, 0.15) is 5.82 Å². The van der Waals surface area contributed by atoms with Gasteiger partial charge in [-0.25, -0.2) is 4.98 Å². The van der Waals surface area contributed by atoms with Gasteiger partial charge in [0.2, 0.25) is 0 Å². The monoisotopic (exact) mass is 292 g/mol. The first kappa shape index (κ1) is 14.5. The first-order chi connectivity index (χ1) is 10.8. The van der Waals surface area contributed by atoms with Crippen LogP contribution in [-0.2, 0) is 13.0 Å². The molecular formula is C19H20N2O. The van der Waals surface area contributed by atoms with Gasteiger partial charge in [-0.3, -0.25) is 9.36 Å². The number of aryl methyl sites for hydroxylation is 1. The van der Waals surface area contributed by atoms with Gasteiger partial charge in [0, 0.05) is 6.42 Å². The van der Waals surface area contributed by atoms with E-state index in [9.17, 15) is 4.79 Å². The first-order valence-electron chi connectivity index (χ1n) is 7.82. The fourth-order valence-corrected chi connectivity index (χ4v) is 2.67. The summed E-state index contributed by atoms with van der Waals surface area (Å²) in [4.78, 5) is 17.6. The number of nitrogens with zero attached hydrogens (tertiary/aromatic N) is 2. The molecule has 2 aromatic carbocycles. The lowest BCUT2D eigenvalue weighted by Gasteiger charge is -2.13. The third-order valence-corrected chi connectivity index (χ3v) is 3.88. The number of benzene rings is 2. The number of hydrogen-bond donors (Lipinski definition) is 0. The molecule has 0 N–H and O–H groups in total. The summed E-state index contributed by atoms with van der Waals surface area (Å²) in [7, 11) is 0. The normalized spacial score (nSPS) is 11.0. The Hall–Kier alpha value is -2.42. The van der Waals surface area contributed by atoms with Crippen LogP contribution in [0.4, 0.5) is 0 Å². The lowest BCUT2D eigenvalue weighted by molar-refractivity contribution is 0.646. The molecule has 22 heavy (non-hydrogen) atoms. The molecule has 3 aromatic rings. The van der Waals surface area contributed by atoms with Crippen molar-refractivity contribution >= 4 is 10.9 Å². The summed E-state index contributed by atoms with van der Waals surface area (Å²) in [6.45, 7) is 2.73. The predicted molar refractivity (Wildman–Crippen MR) is 90.2 cm³/mol. The zero-order chi connectivity index (χ0) is 15.4. The lowest BCUT2D eigenvalue weighted by atomic mass is 10.2. The van der Waals surface area contributed by atoms with Gasteiger partial charge >= 0.3 is 0 Å². The van der Waals surface area contributed by atoms with Crippen molar-refractivity contribution in [1.29, 1.82) is 0 Å². The average molecular weight is 292 g/mol. The molecule has 3 rings (SSSR count). The van der Waals surface area contributed by atoms with Gasteiger partial charge < -0.3 is 0 Å². The zero-order valence-electron chi connectivity index (χ0n) is 12.8. The lowest BCUT2D eigenvalue weighted by Crippen LogP contribution is -2.26. The Morgan fingerprint density at radius 1 is 1.00 bits per heavy atom. The summed E-state index contributed by atoms with van der Waals surface area (Å²) in [5, 5.41) is 0.693.